The second kappa shape index (κ2) is 8.46. The number of hydrogen-bond donors (Lipinski definition) is 2. The smallest absolute Gasteiger partial charge is 0.410 e. The van der Waals surface area contributed by atoms with Crippen LogP contribution in [0.1, 0.15) is 5.76 Å². The second-order valence-corrected chi connectivity index (χ2v) is 6.93. The van der Waals surface area contributed by atoms with Gasteiger partial charge in [0.25, 0.3) is 0 Å². The number of rotatable bonds is 8. The first kappa shape index (κ1) is 19.8. The van der Waals surface area contributed by atoms with Crippen LogP contribution in [0.4, 0.5) is 10.6 Å². The molecule has 1 aromatic carbocycles. The molecular weight excluding hydrogens is 414 g/mol. The molecule has 3 heterocycles. The number of hydrogen-bond acceptors (Lipinski definition) is 8. The number of furan rings is 1. The second-order valence-electron chi connectivity index (χ2n) is 6.59. The Morgan fingerprint density at radius 1 is 1.33 bits per heavy atom. The van der Waals surface area contributed by atoms with E-state index in [1.54, 1.807) is 24.5 Å². The highest BCUT2D eigenvalue weighted by molar-refractivity contribution is 6.29. The number of carbonyl (C=O) groups is 2. The number of halogens is 1. The van der Waals surface area contributed by atoms with Gasteiger partial charge >= 0.3 is 6.09 Å². The van der Waals surface area contributed by atoms with Crippen LogP contribution in [-0.2, 0) is 16.1 Å². The number of nitrogens with zero attached hydrogens (tertiary/aromatic N) is 3. The largest absolute Gasteiger partial charge is 0.487 e. The Morgan fingerprint density at radius 3 is 2.97 bits per heavy atom. The summed E-state index contributed by atoms with van der Waals surface area (Å²) in [6, 6.07) is 9.02. The first-order valence-electron chi connectivity index (χ1n) is 9.09. The summed E-state index contributed by atoms with van der Waals surface area (Å²) in [6.07, 6.45) is 0.449. The molecule has 0 spiro atoms. The summed E-state index contributed by atoms with van der Waals surface area (Å²) >= 11 is 6.11. The lowest BCUT2D eigenvalue weighted by atomic mass is 10.2. The fourth-order valence-electron chi connectivity index (χ4n) is 3.10. The molecule has 10 nitrogen and oxygen atoms in total. The minimum atomic E-state index is -0.608. The van der Waals surface area contributed by atoms with Gasteiger partial charge in [-0.25, -0.2) is 14.8 Å². The number of amides is 2. The van der Waals surface area contributed by atoms with E-state index < -0.39 is 18.1 Å². The van der Waals surface area contributed by atoms with Gasteiger partial charge in [0, 0.05) is 5.39 Å². The van der Waals surface area contributed by atoms with Crippen molar-refractivity contribution in [1.82, 2.24) is 14.9 Å². The number of cyclic esters (lactones) is 1. The monoisotopic (exact) mass is 431 g/mol. The van der Waals surface area contributed by atoms with E-state index >= 15 is 0 Å². The summed E-state index contributed by atoms with van der Waals surface area (Å²) in [7, 11) is 0. The van der Waals surface area contributed by atoms with Crippen LogP contribution in [0, 0.1) is 0 Å². The van der Waals surface area contributed by atoms with E-state index in [1.807, 2.05) is 12.1 Å². The highest BCUT2D eigenvalue weighted by Crippen LogP contribution is 2.30. The normalized spacial score (nSPS) is 16.0. The molecule has 0 aliphatic carbocycles. The minimum Gasteiger partial charge on any atom is -0.487 e. The Morgan fingerprint density at radius 2 is 2.20 bits per heavy atom. The third-order valence-corrected chi connectivity index (χ3v) is 4.56. The third kappa shape index (κ3) is 4.38. The van der Waals surface area contributed by atoms with E-state index in [1.165, 1.54) is 4.90 Å². The Labute approximate surface area is 175 Å². The molecule has 1 saturated heterocycles. The molecule has 30 heavy (non-hydrogen) atoms. The van der Waals surface area contributed by atoms with Gasteiger partial charge in [0.2, 0.25) is 11.2 Å². The van der Waals surface area contributed by atoms with Gasteiger partial charge in [0.1, 0.15) is 36.0 Å². The molecule has 11 heteroatoms. The molecular formula is C19H18ClN5O5. The van der Waals surface area contributed by atoms with Crippen LogP contribution in [0.2, 0.25) is 5.28 Å². The maximum absolute atomic E-state index is 11.8. The van der Waals surface area contributed by atoms with Gasteiger partial charge in [0.05, 0.1) is 19.4 Å². The van der Waals surface area contributed by atoms with Crippen molar-refractivity contribution in [3.63, 3.8) is 0 Å². The molecule has 0 saturated carbocycles. The lowest BCUT2D eigenvalue weighted by Crippen LogP contribution is -2.35. The first-order chi connectivity index (χ1) is 14.5. The average molecular weight is 432 g/mol. The SMILES string of the molecule is NC(=O)CN1CC(COc2cccc3c(NCc4ccco4)nc(Cl)nc23)OC1=O. The summed E-state index contributed by atoms with van der Waals surface area (Å²) in [5.41, 5.74) is 5.64. The quantitative estimate of drug-likeness (QED) is 0.518. The molecule has 1 aliphatic heterocycles. The summed E-state index contributed by atoms with van der Waals surface area (Å²) in [4.78, 5) is 32.6. The number of nitrogens with one attached hydrogen (secondary N) is 1. The van der Waals surface area contributed by atoms with Crippen molar-refractivity contribution in [2.24, 2.45) is 5.73 Å². The van der Waals surface area contributed by atoms with Crippen molar-refractivity contribution in [2.75, 3.05) is 25.0 Å². The van der Waals surface area contributed by atoms with Crippen LogP contribution in [0.3, 0.4) is 0 Å². The summed E-state index contributed by atoms with van der Waals surface area (Å²) in [6.45, 7) is 0.514. The lowest BCUT2D eigenvalue weighted by Gasteiger charge is -2.14. The molecule has 0 radical (unpaired) electrons. The van der Waals surface area contributed by atoms with E-state index in [-0.39, 0.29) is 25.0 Å². The van der Waals surface area contributed by atoms with Crippen molar-refractivity contribution in [3.05, 3.63) is 47.6 Å². The highest BCUT2D eigenvalue weighted by atomic mass is 35.5. The van der Waals surface area contributed by atoms with Crippen LogP contribution in [0.5, 0.6) is 5.75 Å². The maximum Gasteiger partial charge on any atom is 0.410 e. The Kier molecular flexibility index (Phi) is 5.57. The number of ether oxygens (including phenoxy) is 2. The zero-order chi connectivity index (χ0) is 21.1. The number of benzene rings is 1. The predicted octanol–water partition coefficient (Wildman–Crippen LogP) is 2.17. The summed E-state index contributed by atoms with van der Waals surface area (Å²) in [5.74, 6) is 1.13. The fraction of sp³-hybridized carbons (Fsp3) is 0.263. The topological polar surface area (TPSA) is 133 Å². The number of primary amides is 1. The fourth-order valence-corrected chi connectivity index (χ4v) is 3.26. The van der Waals surface area contributed by atoms with Crippen LogP contribution in [0.25, 0.3) is 10.9 Å². The average Bonchev–Trinajstić information content (AvgIpc) is 3.34. The molecule has 2 amide bonds. The first-order valence-corrected chi connectivity index (χ1v) is 9.46. The van der Waals surface area contributed by atoms with Gasteiger partial charge in [-0.1, -0.05) is 6.07 Å². The van der Waals surface area contributed by atoms with E-state index in [0.717, 1.165) is 5.76 Å². The zero-order valence-corrected chi connectivity index (χ0v) is 16.5. The predicted molar refractivity (Wildman–Crippen MR) is 107 cm³/mol. The van der Waals surface area contributed by atoms with Gasteiger partial charge in [-0.05, 0) is 35.9 Å². The van der Waals surface area contributed by atoms with Crippen molar-refractivity contribution < 1.29 is 23.5 Å². The molecule has 1 unspecified atom stereocenters. The molecule has 1 aliphatic rings. The summed E-state index contributed by atoms with van der Waals surface area (Å²) in [5, 5.41) is 3.95. The highest BCUT2D eigenvalue weighted by Gasteiger charge is 2.32. The van der Waals surface area contributed by atoms with Gasteiger partial charge in [-0.2, -0.15) is 0 Å². The summed E-state index contributed by atoms with van der Waals surface area (Å²) < 4.78 is 16.4. The number of para-hydroxylation sites is 1. The molecule has 3 N–H and O–H groups in total. The van der Waals surface area contributed by atoms with Gasteiger partial charge in [-0.15, -0.1) is 0 Å². The third-order valence-electron chi connectivity index (χ3n) is 4.39. The number of nitrogens with two attached hydrogens (primary N) is 1. The molecule has 156 valence electrons. The van der Waals surface area contributed by atoms with E-state index in [4.69, 9.17) is 31.2 Å². The molecule has 4 rings (SSSR count). The molecule has 3 aromatic rings. The maximum atomic E-state index is 11.8. The van der Waals surface area contributed by atoms with Crippen molar-refractivity contribution >= 4 is 40.3 Å². The van der Waals surface area contributed by atoms with Crippen molar-refractivity contribution in [1.29, 1.82) is 0 Å². The Balaban J connectivity index is 1.49. The van der Waals surface area contributed by atoms with Gasteiger partial charge < -0.3 is 24.9 Å². The zero-order valence-electron chi connectivity index (χ0n) is 15.7. The molecule has 0 bridgehead atoms. The molecule has 1 fully saturated rings. The number of carbonyl (C=O) groups excluding carboxylic acids is 2. The number of fused-ring (bicyclic) bond motifs is 1. The van der Waals surface area contributed by atoms with E-state index in [0.29, 0.717) is 29.0 Å². The van der Waals surface area contributed by atoms with Crippen LogP contribution in [-0.4, -0.2) is 52.7 Å². The molecule has 2 aromatic heterocycles. The lowest BCUT2D eigenvalue weighted by molar-refractivity contribution is -0.118. The molecule has 1 atom stereocenters. The number of aromatic nitrogens is 2. The van der Waals surface area contributed by atoms with Gasteiger partial charge in [-0.3, -0.25) is 9.69 Å². The van der Waals surface area contributed by atoms with Crippen LogP contribution >= 0.6 is 11.6 Å². The van der Waals surface area contributed by atoms with E-state index in [9.17, 15) is 9.59 Å². The standard InChI is InChI=1S/C19H18ClN5O5/c20-18-23-16-13(17(24-18)22-7-11-3-2-6-28-11)4-1-5-14(16)29-10-12-8-25(9-15(21)26)19(27)30-12/h1-6,12H,7-10H2,(H2,21,26)(H,22,23,24). The Hall–Kier alpha value is -3.53. The van der Waals surface area contributed by atoms with E-state index in [2.05, 4.69) is 15.3 Å². The Bertz CT molecular complexity index is 1070. The van der Waals surface area contributed by atoms with Gasteiger partial charge in [0.15, 0.2) is 6.10 Å². The van der Waals surface area contributed by atoms with Crippen LogP contribution in [0.15, 0.2) is 41.0 Å². The van der Waals surface area contributed by atoms with Crippen molar-refractivity contribution in [3.8, 4) is 5.75 Å². The van der Waals surface area contributed by atoms with Crippen molar-refractivity contribution in [2.45, 2.75) is 12.6 Å². The van der Waals surface area contributed by atoms with Crippen LogP contribution < -0.4 is 15.8 Å². The minimum absolute atomic E-state index is 0.0559. The number of anilines is 1.